The fourth-order valence-electron chi connectivity index (χ4n) is 0.922. The van der Waals surface area contributed by atoms with Crippen molar-refractivity contribution in [1.29, 1.82) is 0 Å². The maximum atomic E-state index is 11.0. The minimum absolute atomic E-state index is 0. The van der Waals surface area contributed by atoms with Crippen molar-refractivity contribution in [3.05, 3.63) is 0 Å². The third-order valence-corrected chi connectivity index (χ3v) is 1.75. The van der Waals surface area contributed by atoms with Gasteiger partial charge in [-0.3, -0.25) is 4.79 Å². The number of ether oxygens (including phenoxy) is 1. The van der Waals surface area contributed by atoms with Gasteiger partial charge in [0.15, 0.2) is 0 Å². The molecule has 0 bridgehead atoms. The van der Waals surface area contributed by atoms with E-state index < -0.39 is 0 Å². The van der Waals surface area contributed by atoms with Gasteiger partial charge in [-0.25, -0.2) is 0 Å². The van der Waals surface area contributed by atoms with Gasteiger partial charge in [-0.05, 0) is 12.8 Å². The van der Waals surface area contributed by atoms with Crippen molar-refractivity contribution >= 4 is 29.9 Å². The fraction of sp³-hybridized carbons (Fsp3) is 0.900. The van der Waals surface area contributed by atoms with Crippen molar-refractivity contribution in [1.82, 2.24) is 0 Å². The zero-order chi connectivity index (χ0) is 9.23. The summed E-state index contributed by atoms with van der Waals surface area (Å²) >= 11 is 0. The van der Waals surface area contributed by atoms with Crippen LogP contribution in [0.25, 0.3) is 0 Å². The summed E-state index contributed by atoms with van der Waals surface area (Å²) in [4.78, 5) is 11.0. The van der Waals surface area contributed by atoms with Gasteiger partial charge in [-0.1, -0.05) is 33.1 Å². The number of carbonyl (C=O) groups is 1. The number of carbonyl (C=O) groups excluding carboxylic acids is 1. The first-order chi connectivity index (χ1) is 5.81. The van der Waals surface area contributed by atoms with Crippen LogP contribution in [0.15, 0.2) is 0 Å². The molecule has 0 saturated heterocycles. The zero-order valence-corrected chi connectivity index (χ0v) is 8.27. The van der Waals surface area contributed by atoms with Crippen molar-refractivity contribution < 1.29 is 9.53 Å². The number of hydrogen-bond donors (Lipinski definition) is 0. The second-order valence-corrected chi connectivity index (χ2v) is 3.03. The van der Waals surface area contributed by atoms with Crippen LogP contribution in [0, 0.1) is 0 Å². The monoisotopic (exact) mass is 296 g/mol. The second kappa shape index (κ2) is 12.3. The fourth-order valence-corrected chi connectivity index (χ4v) is 0.922. The van der Waals surface area contributed by atoms with E-state index in [0.717, 1.165) is 32.1 Å². The van der Waals surface area contributed by atoms with Gasteiger partial charge >= 0.3 is 29.9 Å². The van der Waals surface area contributed by atoms with Crippen LogP contribution in [0.4, 0.5) is 0 Å². The molecule has 13 heavy (non-hydrogen) atoms. The maximum absolute atomic E-state index is 11.0. The molecule has 0 aliphatic heterocycles. The Labute approximate surface area is 98.4 Å². The van der Waals surface area contributed by atoms with Crippen LogP contribution in [0.3, 0.4) is 0 Å². The van der Waals surface area contributed by atoms with Crippen molar-refractivity contribution in [3.8, 4) is 0 Å². The molecule has 3 heteroatoms. The van der Waals surface area contributed by atoms with Gasteiger partial charge in [0, 0.05) is 6.42 Å². The SMILES string of the molecule is CCCCCC(=O)OCCCC.[SnH4]. The van der Waals surface area contributed by atoms with Crippen LogP contribution in [0.2, 0.25) is 0 Å². The Balaban J connectivity index is 0. The molecular formula is C10H24O2Sn. The summed E-state index contributed by atoms with van der Waals surface area (Å²) in [6, 6.07) is 0. The molecule has 0 aliphatic carbocycles. The Morgan fingerprint density at radius 3 is 2.23 bits per heavy atom. The summed E-state index contributed by atoms with van der Waals surface area (Å²) in [5.41, 5.74) is 0. The first-order valence-electron chi connectivity index (χ1n) is 4.96. The molecule has 0 aromatic heterocycles. The van der Waals surface area contributed by atoms with E-state index in [2.05, 4.69) is 13.8 Å². The van der Waals surface area contributed by atoms with E-state index in [1.165, 1.54) is 0 Å². The zero-order valence-electron chi connectivity index (χ0n) is 8.27. The van der Waals surface area contributed by atoms with Crippen molar-refractivity contribution in [2.24, 2.45) is 0 Å². The standard InChI is InChI=1S/C10H20O2.Sn.4H/c1-3-5-7-8-10(11)12-9-6-4-2;;;;;/h3-9H2,1-2H3;;;;;. The summed E-state index contributed by atoms with van der Waals surface area (Å²) in [7, 11) is 0. The Morgan fingerprint density at radius 1 is 1.08 bits per heavy atom. The summed E-state index contributed by atoms with van der Waals surface area (Å²) in [5.74, 6) is -0.0306. The summed E-state index contributed by atoms with van der Waals surface area (Å²) < 4.78 is 4.99. The quantitative estimate of drug-likeness (QED) is 0.404. The Hall–Kier alpha value is 0.269. The van der Waals surface area contributed by atoms with E-state index in [1.54, 1.807) is 0 Å². The van der Waals surface area contributed by atoms with E-state index >= 15 is 0 Å². The molecule has 0 aromatic rings. The average molecular weight is 295 g/mol. The molecule has 0 atom stereocenters. The van der Waals surface area contributed by atoms with Crippen molar-refractivity contribution in [3.63, 3.8) is 0 Å². The number of rotatable bonds is 7. The second-order valence-electron chi connectivity index (χ2n) is 3.03. The van der Waals surface area contributed by atoms with Crippen LogP contribution < -0.4 is 0 Å². The van der Waals surface area contributed by atoms with Crippen LogP contribution in [-0.2, 0) is 9.53 Å². The van der Waals surface area contributed by atoms with Crippen LogP contribution in [0.1, 0.15) is 52.4 Å². The molecule has 0 saturated carbocycles. The third-order valence-electron chi connectivity index (χ3n) is 1.75. The normalized spacial score (nSPS) is 9.08. The topological polar surface area (TPSA) is 26.3 Å². The molecule has 0 aliphatic rings. The first kappa shape index (κ1) is 15.7. The van der Waals surface area contributed by atoms with E-state index in [-0.39, 0.29) is 29.9 Å². The molecule has 0 aromatic carbocycles. The van der Waals surface area contributed by atoms with Crippen LogP contribution in [0.5, 0.6) is 0 Å². The van der Waals surface area contributed by atoms with E-state index in [0.29, 0.717) is 13.0 Å². The number of esters is 1. The van der Waals surface area contributed by atoms with E-state index in [1.807, 2.05) is 0 Å². The summed E-state index contributed by atoms with van der Waals surface area (Å²) in [5, 5.41) is 0. The molecule has 0 heterocycles. The van der Waals surface area contributed by atoms with Crippen molar-refractivity contribution in [2.45, 2.75) is 52.4 Å². The predicted molar refractivity (Wildman–Crippen MR) is 61.3 cm³/mol. The Morgan fingerprint density at radius 2 is 1.69 bits per heavy atom. The number of hydrogen-bond acceptors (Lipinski definition) is 2. The van der Waals surface area contributed by atoms with E-state index in [4.69, 9.17) is 4.74 Å². The van der Waals surface area contributed by atoms with Gasteiger partial charge in [-0.15, -0.1) is 0 Å². The molecule has 0 N–H and O–H groups in total. The van der Waals surface area contributed by atoms with Crippen LogP contribution >= 0.6 is 0 Å². The molecule has 2 nitrogen and oxygen atoms in total. The van der Waals surface area contributed by atoms with Gasteiger partial charge in [0.2, 0.25) is 0 Å². The molecular weight excluding hydrogens is 271 g/mol. The predicted octanol–water partition coefficient (Wildman–Crippen LogP) is 1.46. The van der Waals surface area contributed by atoms with Gasteiger partial charge in [0.05, 0.1) is 6.61 Å². The van der Waals surface area contributed by atoms with Gasteiger partial charge in [0.25, 0.3) is 0 Å². The molecule has 0 radical (unpaired) electrons. The Kier molecular flexibility index (Phi) is 14.8. The Bertz CT molecular complexity index is 103. The average Bonchev–Trinajstić information content (AvgIpc) is 2.06. The van der Waals surface area contributed by atoms with Gasteiger partial charge in [-0.2, -0.15) is 0 Å². The first-order valence-corrected chi connectivity index (χ1v) is 4.96. The van der Waals surface area contributed by atoms with E-state index in [9.17, 15) is 4.79 Å². The summed E-state index contributed by atoms with van der Waals surface area (Å²) in [6.45, 7) is 4.81. The van der Waals surface area contributed by atoms with Crippen molar-refractivity contribution in [2.75, 3.05) is 6.61 Å². The molecule has 80 valence electrons. The number of unbranched alkanes of at least 4 members (excludes halogenated alkanes) is 3. The molecule has 0 fully saturated rings. The van der Waals surface area contributed by atoms with Gasteiger partial charge < -0.3 is 4.74 Å². The molecule has 0 rings (SSSR count). The minimum atomic E-state index is -0.0306. The molecule has 0 amide bonds. The molecule has 0 unspecified atom stereocenters. The van der Waals surface area contributed by atoms with Gasteiger partial charge in [0.1, 0.15) is 0 Å². The molecule has 0 spiro atoms. The summed E-state index contributed by atoms with van der Waals surface area (Å²) in [6.07, 6.45) is 5.92. The third kappa shape index (κ3) is 12.3. The van der Waals surface area contributed by atoms with Crippen LogP contribution in [-0.4, -0.2) is 36.5 Å².